The Morgan fingerprint density at radius 1 is 1.05 bits per heavy atom. The predicted molar refractivity (Wildman–Crippen MR) is 80.9 cm³/mol. The molecule has 5 heteroatoms. The van der Waals surface area contributed by atoms with Crippen LogP contribution in [-0.4, -0.2) is 35.8 Å². The van der Waals surface area contributed by atoms with Crippen molar-refractivity contribution in [3.05, 3.63) is 29.8 Å². The van der Waals surface area contributed by atoms with E-state index in [9.17, 15) is 9.59 Å². The topological polar surface area (TPSA) is 75.4 Å². The molecular formula is C16H21N3O2. The van der Waals surface area contributed by atoms with Crippen molar-refractivity contribution in [1.29, 1.82) is 0 Å². The molecule has 1 aromatic rings. The zero-order valence-corrected chi connectivity index (χ0v) is 12.0. The lowest BCUT2D eigenvalue weighted by molar-refractivity contribution is -0.117. The number of nitrogens with two attached hydrogens (primary N) is 1. The summed E-state index contributed by atoms with van der Waals surface area (Å²) in [4.78, 5) is 25.9. The number of piperidine rings is 1. The molecule has 1 saturated heterocycles. The molecule has 2 fully saturated rings. The van der Waals surface area contributed by atoms with Crippen LogP contribution in [0.5, 0.6) is 0 Å². The zero-order chi connectivity index (χ0) is 14.8. The van der Waals surface area contributed by atoms with Gasteiger partial charge in [0, 0.05) is 36.3 Å². The molecule has 0 atom stereocenters. The lowest BCUT2D eigenvalue weighted by Gasteiger charge is -2.30. The summed E-state index contributed by atoms with van der Waals surface area (Å²) in [6.45, 7) is 1.44. The first kappa shape index (κ1) is 14.1. The molecule has 1 aliphatic carbocycles. The lowest BCUT2D eigenvalue weighted by atomic mass is 10.0. The van der Waals surface area contributed by atoms with Gasteiger partial charge in [-0.1, -0.05) is 0 Å². The van der Waals surface area contributed by atoms with Crippen molar-refractivity contribution >= 4 is 17.5 Å². The number of carbonyl (C=O) groups excluding carboxylic acids is 2. The first-order valence-corrected chi connectivity index (χ1v) is 7.59. The average molecular weight is 287 g/mol. The lowest BCUT2D eigenvalue weighted by Crippen LogP contribution is -2.42. The highest BCUT2D eigenvalue weighted by molar-refractivity contribution is 5.96. The monoisotopic (exact) mass is 287 g/mol. The van der Waals surface area contributed by atoms with Gasteiger partial charge in [0.2, 0.25) is 5.91 Å². The third kappa shape index (κ3) is 3.42. The summed E-state index contributed by atoms with van der Waals surface area (Å²) in [6.07, 6.45) is 3.70. The van der Waals surface area contributed by atoms with Crippen LogP contribution in [0.25, 0.3) is 0 Å². The van der Waals surface area contributed by atoms with E-state index in [2.05, 4.69) is 5.32 Å². The Bertz CT molecular complexity index is 529. The van der Waals surface area contributed by atoms with E-state index < -0.39 is 0 Å². The Balaban J connectivity index is 1.60. The Morgan fingerprint density at radius 3 is 2.24 bits per heavy atom. The highest BCUT2D eigenvalue weighted by Crippen LogP contribution is 2.30. The second kappa shape index (κ2) is 5.85. The van der Waals surface area contributed by atoms with Crippen molar-refractivity contribution in [2.24, 2.45) is 11.7 Å². The molecule has 2 amide bonds. The minimum absolute atomic E-state index is 0.0435. The normalized spacial score (nSPS) is 19.4. The van der Waals surface area contributed by atoms with Crippen LogP contribution in [0.4, 0.5) is 5.69 Å². The number of nitrogens with zero attached hydrogens (tertiary/aromatic N) is 1. The van der Waals surface area contributed by atoms with Crippen LogP contribution in [-0.2, 0) is 4.79 Å². The smallest absolute Gasteiger partial charge is 0.253 e. The molecule has 21 heavy (non-hydrogen) atoms. The van der Waals surface area contributed by atoms with Crippen molar-refractivity contribution < 1.29 is 9.59 Å². The fourth-order valence-corrected chi connectivity index (χ4v) is 2.57. The van der Waals surface area contributed by atoms with Gasteiger partial charge in [-0.2, -0.15) is 0 Å². The Kier molecular flexibility index (Phi) is 3.92. The van der Waals surface area contributed by atoms with Crippen LogP contribution in [0.1, 0.15) is 36.0 Å². The molecule has 3 rings (SSSR count). The Morgan fingerprint density at radius 2 is 1.67 bits per heavy atom. The predicted octanol–water partition coefficient (Wildman–Crippen LogP) is 1.60. The van der Waals surface area contributed by atoms with Gasteiger partial charge in [-0.05, 0) is 49.9 Å². The highest BCUT2D eigenvalue weighted by Gasteiger charge is 2.29. The van der Waals surface area contributed by atoms with Crippen molar-refractivity contribution in [3.8, 4) is 0 Å². The Hall–Kier alpha value is -1.88. The van der Waals surface area contributed by atoms with Crippen molar-refractivity contribution in [3.63, 3.8) is 0 Å². The van der Waals surface area contributed by atoms with Crippen molar-refractivity contribution in [2.75, 3.05) is 18.4 Å². The van der Waals surface area contributed by atoms with Gasteiger partial charge in [0.05, 0.1) is 0 Å². The fourth-order valence-electron chi connectivity index (χ4n) is 2.57. The van der Waals surface area contributed by atoms with Gasteiger partial charge >= 0.3 is 0 Å². The molecule has 0 spiro atoms. The molecule has 0 bridgehead atoms. The number of benzene rings is 1. The number of amides is 2. The van der Waals surface area contributed by atoms with Crippen LogP contribution < -0.4 is 11.1 Å². The maximum Gasteiger partial charge on any atom is 0.253 e. The number of nitrogens with one attached hydrogen (secondary N) is 1. The maximum atomic E-state index is 12.4. The van der Waals surface area contributed by atoms with Gasteiger partial charge in [0.25, 0.3) is 5.91 Å². The molecule has 5 nitrogen and oxygen atoms in total. The van der Waals surface area contributed by atoms with Gasteiger partial charge in [0.15, 0.2) is 0 Å². The number of hydrogen-bond acceptors (Lipinski definition) is 3. The standard InChI is InChI=1S/C16H21N3O2/c17-13-7-9-19(10-8-13)16(21)12-3-5-14(6-4-12)18-15(20)11-1-2-11/h3-6,11,13H,1-2,7-10,17H2,(H,18,20). The molecular weight excluding hydrogens is 266 g/mol. The maximum absolute atomic E-state index is 12.4. The molecule has 2 aliphatic rings. The third-order valence-corrected chi connectivity index (χ3v) is 4.17. The molecule has 3 N–H and O–H groups in total. The first-order chi connectivity index (χ1) is 10.1. The van der Waals surface area contributed by atoms with E-state index in [0.717, 1.165) is 44.5 Å². The van der Waals surface area contributed by atoms with Crippen molar-refractivity contribution in [1.82, 2.24) is 4.90 Å². The molecule has 1 heterocycles. The van der Waals surface area contributed by atoms with E-state index in [0.29, 0.717) is 5.56 Å². The molecule has 1 aliphatic heterocycles. The van der Waals surface area contributed by atoms with Gasteiger partial charge in [-0.15, -0.1) is 0 Å². The summed E-state index contributed by atoms with van der Waals surface area (Å²) in [6, 6.07) is 7.36. The van der Waals surface area contributed by atoms with Gasteiger partial charge < -0.3 is 16.0 Å². The summed E-state index contributed by atoms with van der Waals surface area (Å²) in [5.74, 6) is 0.310. The van der Waals surface area contributed by atoms with Gasteiger partial charge in [-0.25, -0.2) is 0 Å². The first-order valence-electron chi connectivity index (χ1n) is 7.59. The molecule has 1 aromatic carbocycles. The van der Waals surface area contributed by atoms with E-state index in [1.54, 1.807) is 24.3 Å². The number of rotatable bonds is 3. The van der Waals surface area contributed by atoms with E-state index in [1.165, 1.54) is 0 Å². The molecule has 1 saturated carbocycles. The van der Waals surface area contributed by atoms with Crippen LogP contribution >= 0.6 is 0 Å². The van der Waals surface area contributed by atoms with Crippen LogP contribution in [0.2, 0.25) is 0 Å². The fraction of sp³-hybridized carbons (Fsp3) is 0.500. The zero-order valence-electron chi connectivity index (χ0n) is 12.0. The second-order valence-corrected chi connectivity index (χ2v) is 5.97. The molecule has 0 aromatic heterocycles. The number of likely N-dealkylation sites (tertiary alicyclic amines) is 1. The number of carbonyl (C=O) groups is 2. The SMILES string of the molecule is NC1CCN(C(=O)c2ccc(NC(=O)C3CC3)cc2)CC1. The highest BCUT2D eigenvalue weighted by atomic mass is 16.2. The summed E-state index contributed by atoms with van der Waals surface area (Å²) in [5, 5.41) is 2.87. The molecule has 0 unspecified atom stereocenters. The number of hydrogen-bond donors (Lipinski definition) is 2. The average Bonchev–Trinajstić information content (AvgIpc) is 3.33. The second-order valence-electron chi connectivity index (χ2n) is 5.97. The number of anilines is 1. The van der Waals surface area contributed by atoms with Crippen LogP contribution in [0, 0.1) is 5.92 Å². The van der Waals surface area contributed by atoms with Gasteiger partial charge in [0.1, 0.15) is 0 Å². The van der Waals surface area contributed by atoms with E-state index in [4.69, 9.17) is 5.73 Å². The van der Waals surface area contributed by atoms with E-state index >= 15 is 0 Å². The van der Waals surface area contributed by atoms with E-state index in [1.807, 2.05) is 4.90 Å². The van der Waals surface area contributed by atoms with Crippen molar-refractivity contribution in [2.45, 2.75) is 31.7 Å². The Labute approximate surface area is 124 Å². The minimum atomic E-state index is 0.0435. The summed E-state index contributed by atoms with van der Waals surface area (Å²) in [7, 11) is 0. The van der Waals surface area contributed by atoms with E-state index in [-0.39, 0.29) is 23.8 Å². The summed E-state index contributed by atoms with van der Waals surface area (Å²) in [5.41, 5.74) is 7.27. The van der Waals surface area contributed by atoms with Gasteiger partial charge in [-0.3, -0.25) is 9.59 Å². The largest absolute Gasteiger partial charge is 0.339 e. The molecule has 0 radical (unpaired) electrons. The quantitative estimate of drug-likeness (QED) is 0.886. The van der Waals surface area contributed by atoms with Crippen LogP contribution in [0.3, 0.4) is 0 Å². The minimum Gasteiger partial charge on any atom is -0.339 e. The summed E-state index contributed by atoms with van der Waals surface area (Å²) >= 11 is 0. The third-order valence-electron chi connectivity index (χ3n) is 4.17. The van der Waals surface area contributed by atoms with Crippen LogP contribution in [0.15, 0.2) is 24.3 Å². The summed E-state index contributed by atoms with van der Waals surface area (Å²) < 4.78 is 0. The molecule has 112 valence electrons.